The normalized spacial score (nSPS) is 10.6. The van der Waals surface area contributed by atoms with Gasteiger partial charge >= 0.3 is 0 Å². The van der Waals surface area contributed by atoms with Gasteiger partial charge in [-0.25, -0.2) is 4.98 Å². The van der Waals surface area contributed by atoms with Gasteiger partial charge in [-0.1, -0.05) is 41.4 Å². The maximum absolute atomic E-state index is 12.1. The Morgan fingerprint density at radius 3 is 2.50 bits per heavy atom. The fraction of sp³-hybridized carbons (Fsp3) is 0.200. The van der Waals surface area contributed by atoms with Crippen LogP contribution in [-0.4, -0.2) is 17.5 Å². The number of carbonyl (C=O) groups is 1. The molecule has 1 heterocycles. The van der Waals surface area contributed by atoms with Crippen LogP contribution in [-0.2, 0) is 11.2 Å². The molecule has 0 aliphatic carbocycles. The minimum atomic E-state index is -0.225. The molecule has 0 fully saturated rings. The van der Waals surface area contributed by atoms with Crippen LogP contribution in [0.15, 0.2) is 48.5 Å². The molecule has 0 saturated carbocycles. The number of hydrogen-bond donors (Lipinski definition) is 1. The molecule has 0 bridgehead atoms. The van der Waals surface area contributed by atoms with Crippen LogP contribution in [0.5, 0.6) is 5.75 Å². The first-order chi connectivity index (χ1) is 12.5. The Labute approximate surface area is 161 Å². The van der Waals surface area contributed by atoms with Crippen molar-refractivity contribution in [2.45, 2.75) is 20.3 Å². The van der Waals surface area contributed by atoms with Crippen LogP contribution in [0.2, 0.25) is 5.02 Å². The minimum Gasteiger partial charge on any atom is -0.484 e. The van der Waals surface area contributed by atoms with Gasteiger partial charge in [0.2, 0.25) is 0 Å². The lowest BCUT2D eigenvalue weighted by Crippen LogP contribution is -2.20. The number of amides is 1. The predicted octanol–water partition coefficient (Wildman–Crippen LogP) is 5.02. The first-order valence-electron chi connectivity index (χ1n) is 8.19. The van der Waals surface area contributed by atoms with E-state index in [1.54, 1.807) is 0 Å². The zero-order valence-corrected chi connectivity index (χ0v) is 16.2. The van der Waals surface area contributed by atoms with Gasteiger partial charge in [0, 0.05) is 16.3 Å². The van der Waals surface area contributed by atoms with Crippen LogP contribution >= 0.6 is 22.9 Å². The van der Waals surface area contributed by atoms with E-state index in [-0.39, 0.29) is 12.5 Å². The molecular formula is C20H19ClN2O2S. The standard InChI is InChI=1S/C20H19ClN2O2S/c1-13-3-9-17(10-4-13)25-12-19(24)23-20-22-14(2)18(26-20)11-15-5-7-16(21)8-6-15/h3-10H,11-12H2,1-2H3,(H,22,23,24). The number of carbonyl (C=O) groups excluding carboxylic acids is 1. The SMILES string of the molecule is Cc1ccc(OCC(=O)Nc2nc(C)c(Cc3ccc(Cl)cc3)s2)cc1. The molecule has 1 amide bonds. The number of rotatable bonds is 6. The van der Waals surface area contributed by atoms with Crippen molar-refractivity contribution in [3.8, 4) is 5.75 Å². The van der Waals surface area contributed by atoms with Crippen LogP contribution in [0.3, 0.4) is 0 Å². The molecule has 1 aromatic heterocycles. The van der Waals surface area contributed by atoms with E-state index < -0.39 is 0 Å². The Balaban J connectivity index is 1.57. The van der Waals surface area contributed by atoms with Crippen LogP contribution in [0.1, 0.15) is 21.7 Å². The molecule has 4 nitrogen and oxygen atoms in total. The quantitative estimate of drug-likeness (QED) is 0.647. The first-order valence-corrected chi connectivity index (χ1v) is 9.39. The highest BCUT2D eigenvalue weighted by Gasteiger charge is 2.11. The summed E-state index contributed by atoms with van der Waals surface area (Å²) in [7, 11) is 0. The second-order valence-electron chi connectivity index (χ2n) is 5.98. The Bertz CT molecular complexity index is 889. The molecule has 134 valence electrons. The van der Waals surface area contributed by atoms with E-state index in [0.717, 1.165) is 33.1 Å². The lowest BCUT2D eigenvalue weighted by atomic mass is 10.1. The van der Waals surface area contributed by atoms with Gasteiger partial charge in [0.1, 0.15) is 5.75 Å². The summed E-state index contributed by atoms with van der Waals surface area (Å²) >= 11 is 7.40. The molecule has 1 N–H and O–H groups in total. The van der Waals surface area contributed by atoms with E-state index in [2.05, 4.69) is 10.3 Å². The van der Waals surface area contributed by atoms with Gasteiger partial charge in [0.05, 0.1) is 5.69 Å². The molecule has 2 aromatic carbocycles. The van der Waals surface area contributed by atoms with E-state index in [1.165, 1.54) is 11.3 Å². The van der Waals surface area contributed by atoms with Gasteiger partial charge in [-0.05, 0) is 43.7 Å². The number of ether oxygens (including phenoxy) is 1. The number of aryl methyl sites for hydroxylation is 2. The Hall–Kier alpha value is -2.37. The lowest BCUT2D eigenvalue weighted by molar-refractivity contribution is -0.118. The van der Waals surface area contributed by atoms with Crippen molar-refractivity contribution in [3.63, 3.8) is 0 Å². The number of nitrogens with zero attached hydrogens (tertiary/aromatic N) is 1. The molecule has 3 rings (SSSR count). The fourth-order valence-corrected chi connectivity index (χ4v) is 3.51. The summed E-state index contributed by atoms with van der Waals surface area (Å²) in [4.78, 5) is 17.6. The van der Waals surface area contributed by atoms with Crippen molar-refractivity contribution in [2.24, 2.45) is 0 Å². The van der Waals surface area contributed by atoms with Crippen molar-refractivity contribution in [1.29, 1.82) is 0 Å². The highest BCUT2D eigenvalue weighted by atomic mass is 35.5. The van der Waals surface area contributed by atoms with E-state index in [0.29, 0.717) is 10.9 Å². The van der Waals surface area contributed by atoms with Crippen molar-refractivity contribution < 1.29 is 9.53 Å². The monoisotopic (exact) mass is 386 g/mol. The van der Waals surface area contributed by atoms with Crippen LogP contribution < -0.4 is 10.1 Å². The smallest absolute Gasteiger partial charge is 0.264 e. The van der Waals surface area contributed by atoms with Crippen molar-refractivity contribution in [1.82, 2.24) is 4.98 Å². The molecule has 0 aliphatic rings. The molecule has 0 unspecified atom stereocenters. The second kappa shape index (κ2) is 8.34. The summed E-state index contributed by atoms with van der Waals surface area (Å²) in [5, 5.41) is 4.11. The van der Waals surface area contributed by atoms with E-state index >= 15 is 0 Å². The van der Waals surface area contributed by atoms with E-state index in [9.17, 15) is 4.79 Å². The maximum Gasteiger partial charge on any atom is 0.264 e. The zero-order valence-electron chi connectivity index (χ0n) is 14.6. The van der Waals surface area contributed by atoms with Gasteiger partial charge in [-0.2, -0.15) is 0 Å². The third-order valence-electron chi connectivity index (χ3n) is 3.81. The molecule has 0 aliphatic heterocycles. The van der Waals surface area contributed by atoms with E-state index in [4.69, 9.17) is 16.3 Å². The summed E-state index contributed by atoms with van der Waals surface area (Å²) in [6.45, 7) is 3.90. The molecule has 26 heavy (non-hydrogen) atoms. The average molecular weight is 387 g/mol. The highest BCUT2D eigenvalue weighted by Crippen LogP contribution is 2.25. The number of nitrogens with one attached hydrogen (secondary N) is 1. The van der Waals surface area contributed by atoms with Gasteiger partial charge < -0.3 is 4.74 Å². The second-order valence-corrected chi connectivity index (χ2v) is 7.50. The van der Waals surface area contributed by atoms with Crippen molar-refractivity contribution in [2.75, 3.05) is 11.9 Å². The summed E-state index contributed by atoms with van der Waals surface area (Å²) in [6, 6.07) is 15.3. The lowest BCUT2D eigenvalue weighted by Gasteiger charge is -2.05. The molecule has 0 spiro atoms. The number of halogens is 1. The van der Waals surface area contributed by atoms with Crippen molar-refractivity contribution in [3.05, 3.63) is 75.3 Å². The largest absolute Gasteiger partial charge is 0.484 e. The first kappa shape index (κ1) is 18.4. The van der Waals surface area contributed by atoms with Crippen LogP contribution in [0, 0.1) is 13.8 Å². The van der Waals surface area contributed by atoms with Gasteiger partial charge in [-0.3, -0.25) is 10.1 Å². The van der Waals surface area contributed by atoms with Gasteiger partial charge in [0.25, 0.3) is 5.91 Å². The zero-order chi connectivity index (χ0) is 18.5. The predicted molar refractivity (Wildman–Crippen MR) is 106 cm³/mol. The minimum absolute atomic E-state index is 0.0474. The molecule has 0 atom stereocenters. The Kier molecular flexibility index (Phi) is 5.91. The fourth-order valence-electron chi connectivity index (χ4n) is 2.37. The third-order valence-corrected chi connectivity index (χ3v) is 5.13. The molecule has 0 saturated heterocycles. The highest BCUT2D eigenvalue weighted by molar-refractivity contribution is 7.15. The summed E-state index contributed by atoms with van der Waals surface area (Å²) in [5.74, 6) is 0.446. The Morgan fingerprint density at radius 2 is 1.81 bits per heavy atom. The van der Waals surface area contributed by atoms with Gasteiger partial charge in [0.15, 0.2) is 11.7 Å². The maximum atomic E-state index is 12.1. The van der Waals surface area contributed by atoms with E-state index in [1.807, 2.05) is 62.4 Å². The summed E-state index contributed by atoms with van der Waals surface area (Å²) < 4.78 is 5.49. The topological polar surface area (TPSA) is 51.2 Å². The van der Waals surface area contributed by atoms with Crippen LogP contribution in [0.4, 0.5) is 5.13 Å². The number of hydrogen-bond acceptors (Lipinski definition) is 4. The Morgan fingerprint density at radius 1 is 1.12 bits per heavy atom. The number of anilines is 1. The van der Waals surface area contributed by atoms with Crippen LogP contribution in [0.25, 0.3) is 0 Å². The van der Waals surface area contributed by atoms with Crippen molar-refractivity contribution >= 4 is 34.0 Å². The average Bonchev–Trinajstić information content (AvgIpc) is 2.95. The number of benzene rings is 2. The molecule has 6 heteroatoms. The molecule has 0 radical (unpaired) electrons. The third kappa shape index (κ3) is 5.07. The number of thiazole rings is 1. The summed E-state index contributed by atoms with van der Waals surface area (Å²) in [6.07, 6.45) is 0.760. The van der Waals surface area contributed by atoms with Gasteiger partial charge in [-0.15, -0.1) is 11.3 Å². The molecule has 3 aromatic rings. The molecular weight excluding hydrogens is 368 g/mol. The number of aromatic nitrogens is 1. The summed E-state index contributed by atoms with van der Waals surface area (Å²) in [5.41, 5.74) is 3.22.